The van der Waals surface area contributed by atoms with Crippen molar-refractivity contribution in [2.75, 3.05) is 0 Å². The maximum absolute atomic E-state index is 13.9. The number of benzene rings is 8. The SMILES string of the molecule is O=c1c2ccccc2c2cccc3c4cc(-c5cccc(-n6c7ccccc7c7c6ccc6c8ccccc8n(-c8ccccc8)c67)c5)ccc4n1c23. The minimum Gasteiger partial charge on any atom is -0.309 e. The van der Waals surface area contributed by atoms with Crippen LogP contribution < -0.4 is 5.56 Å². The highest BCUT2D eigenvalue weighted by Gasteiger charge is 2.21. The molecule has 53 heavy (non-hydrogen) atoms. The van der Waals surface area contributed by atoms with E-state index in [1.54, 1.807) is 0 Å². The number of fused-ring (bicyclic) bond motifs is 12. The summed E-state index contributed by atoms with van der Waals surface area (Å²) in [6, 6.07) is 62.5. The van der Waals surface area contributed by atoms with E-state index >= 15 is 0 Å². The van der Waals surface area contributed by atoms with Gasteiger partial charge in [0.25, 0.3) is 5.56 Å². The fourth-order valence-corrected chi connectivity index (χ4v) is 9.16. The Morgan fingerprint density at radius 1 is 0.321 bits per heavy atom. The van der Waals surface area contributed by atoms with Crippen LogP contribution in [0.5, 0.6) is 0 Å². The third-order valence-electron chi connectivity index (χ3n) is 11.4. The van der Waals surface area contributed by atoms with E-state index in [1.807, 2.05) is 22.6 Å². The highest BCUT2D eigenvalue weighted by Crippen LogP contribution is 2.43. The Kier molecular flexibility index (Phi) is 5.62. The number of hydrogen-bond donors (Lipinski definition) is 0. The van der Waals surface area contributed by atoms with Gasteiger partial charge in [-0.25, -0.2) is 0 Å². The van der Waals surface area contributed by atoms with E-state index in [9.17, 15) is 4.79 Å². The molecule has 0 aliphatic rings. The average Bonchev–Trinajstić information content (AvgIpc) is 3.86. The van der Waals surface area contributed by atoms with Crippen molar-refractivity contribution in [2.24, 2.45) is 0 Å². The minimum atomic E-state index is 0.0285. The molecule has 0 radical (unpaired) electrons. The maximum atomic E-state index is 13.9. The molecule has 0 N–H and O–H groups in total. The molecule has 0 saturated carbocycles. The molecule has 12 aromatic rings. The summed E-state index contributed by atoms with van der Waals surface area (Å²) in [4.78, 5) is 13.9. The number of hydrogen-bond acceptors (Lipinski definition) is 1. The minimum absolute atomic E-state index is 0.0285. The lowest BCUT2D eigenvalue weighted by Crippen LogP contribution is -2.12. The lowest BCUT2D eigenvalue weighted by atomic mass is 10.0. The first-order valence-corrected chi connectivity index (χ1v) is 18.1. The Balaban J connectivity index is 1.11. The van der Waals surface area contributed by atoms with Gasteiger partial charge in [0.15, 0.2) is 0 Å². The van der Waals surface area contributed by atoms with Crippen LogP contribution in [0.3, 0.4) is 0 Å². The predicted octanol–water partition coefficient (Wildman–Crippen LogP) is 12.1. The molecule has 0 fully saturated rings. The number of para-hydroxylation sites is 4. The van der Waals surface area contributed by atoms with Gasteiger partial charge in [-0.15, -0.1) is 0 Å². The monoisotopic (exact) mass is 675 g/mol. The number of pyridine rings is 1. The topological polar surface area (TPSA) is 31.3 Å². The normalized spacial score (nSPS) is 12.2. The number of nitrogens with zero attached hydrogens (tertiary/aromatic N) is 3. The molecule has 0 unspecified atom stereocenters. The third kappa shape index (κ3) is 3.76. The quantitative estimate of drug-likeness (QED) is 0.172. The molecule has 0 aliphatic heterocycles. The third-order valence-corrected chi connectivity index (χ3v) is 11.4. The molecule has 4 heteroatoms. The van der Waals surface area contributed by atoms with Crippen LogP contribution in [0.1, 0.15) is 0 Å². The Morgan fingerprint density at radius 2 is 0.906 bits per heavy atom. The van der Waals surface area contributed by atoms with Crippen LogP contribution in [0.4, 0.5) is 0 Å². The van der Waals surface area contributed by atoms with Crippen molar-refractivity contribution in [3.63, 3.8) is 0 Å². The van der Waals surface area contributed by atoms with Gasteiger partial charge < -0.3 is 9.13 Å². The van der Waals surface area contributed by atoms with Crippen molar-refractivity contribution in [1.29, 1.82) is 0 Å². The Bertz CT molecular complexity index is 3530. The molecule has 4 nitrogen and oxygen atoms in total. The first kappa shape index (κ1) is 28.5. The van der Waals surface area contributed by atoms with Crippen molar-refractivity contribution in [3.05, 3.63) is 186 Å². The van der Waals surface area contributed by atoms with Crippen molar-refractivity contribution >= 4 is 81.6 Å². The first-order valence-electron chi connectivity index (χ1n) is 18.1. The zero-order valence-corrected chi connectivity index (χ0v) is 28.5. The molecule has 8 aromatic carbocycles. The largest absolute Gasteiger partial charge is 0.309 e. The summed E-state index contributed by atoms with van der Waals surface area (Å²) in [5.74, 6) is 0. The zero-order chi connectivity index (χ0) is 34.8. The van der Waals surface area contributed by atoms with Crippen LogP contribution in [0.25, 0.3) is 104 Å². The summed E-state index contributed by atoms with van der Waals surface area (Å²) in [5.41, 5.74) is 11.2. The summed E-state index contributed by atoms with van der Waals surface area (Å²) in [6.07, 6.45) is 0. The average molecular weight is 676 g/mol. The summed E-state index contributed by atoms with van der Waals surface area (Å²) < 4.78 is 6.75. The van der Waals surface area contributed by atoms with Crippen molar-refractivity contribution < 1.29 is 0 Å². The van der Waals surface area contributed by atoms with Crippen LogP contribution >= 0.6 is 0 Å². The van der Waals surface area contributed by atoms with E-state index < -0.39 is 0 Å². The summed E-state index contributed by atoms with van der Waals surface area (Å²) >= 11 is 0. The van der Waals surface area contributed by atoms with Gasteiger partial charge in [-0.3, -0.25) is 9.20 Å². The first-order chi connectivity index (χ1) is 26.2. The number of aromatic nitrogens is 3. The van der Waals surface area contributed by atoms with Gasteiger partial charge >= 0.3 is 0 Å². The van der Waals surface area contributed by atoms with Crippen LogP contribution in [0.2, 0.25) is 0 Å². The van der Waals surface area contributed by atoms with Crippen LogP contribution in [-0.2, 0) is 0 Å². The van der Waals surface area contributed by atoms with E-state index in [0.29, 0.717) is 0 Å². The van der Waals surface area contributed by atoms with Crippen molar-refractivity contribution in [3.8, 4) is 22.5 Å². The fourth-order valence-electron chi connectivity index (χ4n) is 9.16. The molecule has 0 aliphatic carbocycles. The highest BCUT2D eigenvalue weighted by atomic mass is 16.1. The van der Waals surface area contributed by atoms with Crippen molar-refractivity contribution in [2.45, 2.75) is 0 Å². The summed E-state index contributed by atoms with van der Waals surface area (Å²) in [5, 5.41) is 9.98. The maximum Gasteiger partial charge on any atom is 0.263 e. The Morgan fingerprint density at radius 3 is 1.74 bits per heavy atom. The second-order valence-electron chi connectivity index (χ2n) is 14.1. The second-order valence-corrected chi connectivity index (χ2v) is 14.1. The van der Waals surface area contributed by atoms with Crippen molar-refractivity contribution in [1.82, 2.24) is 13.5 Å². The zero-order valence-electron chi connectivity index (χ0n) is 28.5. The van der Waals surface area contributed by atoms with Gasteiger partial charge in [0.2, 0.25) is 0 Å². The predicted molar refractivity (Wildman–Crippen MR) is 221 cm³/mol. The molecule has 0 spiro atoms. The summed E-state index contributed by atoms with van der Waals surface area (Å²) in [6.45, 7) is 0. The van der Waals surface area contributed by atoms with E-state index in [0.717, 1.165) is 60.5 Å². The molecule has 4 aromatic heterocycles. The molecular formula is C49H29N3O. The molecule has 246 valence electrons. The van der Waals surface area contributed by atoms with E-state index in [4.69, 9.17) is 0 Å². The van der Waals surface area contributed by atoms with Crippen LogP contribution in [0, 0.1) is 0 Å². The lowest BCUT2D eigenvalue weighted by Gasteiger charge is -2.11. The molecule has 0 bridgehead atoms. The lowest BCUT2D eigenvalue weighted by molar-refractivity contribution is 1.17. The van der Waals surface area contributed by atoms with E-state index in [-0.39, 0.29) is 5.56 Å². The van der Waals surface area contributed by atoms with Gasteiger partial charge in [-0.1, -0.05) is 115 Å². The summed E-state index contributed by atoms with van der Waals surface area (Å²) in [7, 11) is 0. The second kappa shape index (κ2) is 10.4. The smallest absolute Gasteiger partial charge is 0.263 e. The fraction of sp³-hybridized carbons (Fsp3) is 0. The number of rotatable bonds is 3. The molecule has 0 saturated heterocycles. The van der Waals surface area contributed by atoms with Gasteiger partial charge in [-0.05, 0) is 77.2 Å². The molecule has 0 amide bonds. The van der Waals surface area contributed by atoms with Gasteiger partial charge in [0, 0.05) is 54.5 Å². The van der Waals surface area contributed by atoms with E-state index in [1.165, 1.54) is 43.6 Å². The Labute approximate surface area is 302 Å². The highest BCUT2D eigenvalue weighted by molar-refractivity contribution is 6.26. The molecule has 0 atom stereocenters. The standard InChI is InChI=1S/C49H29N3O/c53-49-39-18-5-4-16-34(39)36-20-11-21-37-41-29-31(24-26-44(41)52(49)47(36)37)30-12-10-15-33(28-30)50-43-23-9-7-19-40(43)46-45(50)27-25-38-35-17-6-8-22-42(35)51(48(38)46)32-13-2-1-3-14-32/h1-29H. The van der Waals surface area contributed by atoms with Crippen LogP contribution in [0.15, 0.2) is 181 Å². The van der Waals surface area contributed by atoms with Gasteiger partial charge in [-0.2, -0.15) is 0 Å². The van der Waals surface area contributed by atoms with Gasteiger partial charge in [0.05, 0.1) is 33.1 Å². The van der Waals surface area contributed by atoms with Crippen LogP contribution in [-0.4, -0.2) is 13.5 Å². The Hall–Kier alpha value is -7.17. The molecule has 12 rings (SSSR count). The van der Waals surface area contributed by atoms with Gasteiger partial charge in [0.1, 0.15) is 0 Å². The molecular weight excluding hydrogens is 647 g/mol. The van der Waals surface area contributed by atoms with E-state index in [2.05, 4.69) is 167 Å². The molecule has 4 heterocycles.